The number of sulfonamides is 1. The van der Waals surface area contributed by atoms with E-state index in [2.05, 4.69) is 0 Å². The molecule has 0 atom stereocenters. The Morgan fingerprint density at radius 1 is 1.11 bits per heavy atom. The number of rotatable bonds is 13. The van der Waals surface area contributed by atoms with Gasteiger partial charge in [-0.05, 0) is 36.2 Å². The maximum Gasteiger partial charge on any atom is 0.289 e. The van der Waals surface area contributed by atoms with Gasteiger partial charge in [-0.1, -0.05) is 41.9 Å². The summed E-state index contributed by atoms with van der Waals surface area (Å²) in [7, 11) is -2.88. The van der Waals surface area contributed by atoms with Crippen molar-refractivity contribution in [2.75, 3.05) is 33.4 Å². The van der Waals surface area contributed by atoms with Gasteiger partial charge in [-0.15, -0.1) is 0 Å². The van der Waals surface area contributed by atoms with Crippen LogP contribution in [0.1, 0.15) is 11.3 Å². The van der Waals surface area contributed by atoms with Crippen LogP contribution in [0.25, 0.3) is 0 Å². The van der Waals surface area contributed by atoms with E-state index in [0.29, 0.717) is 18.7 Å². The number of carbonyl (C=O) groups excluding carboxylic acids is 1. The summed E-state index contributed by atoms with van der Waals surface area (Å²) in [6, 6.07) is 16.2. The SMILES string of the molecule is COCCN(CC(=O)N(CCc1ccccc1)Cc1ccco1)S(=O)(=O)c1ccc(Cl)c([N+](=O)[O-])c1. The van der Waals surface area contributed by atoms with Crippen LogP contribution in [0.2, 0.25) is 5.02 Å². The first-order valence-corrected chi connectivity index (χ1v) is 12.8. The second kappa shape index (κ2) is 12.6. The van der Waals surface area contributed by atoms with Crippen molar-refractivity contribution < 1.29 is 27.3 Å². The van der Waals surface area contributed by atoms with Crippen molar-refractivity contribution in [1.82, 2.24) is 9.21 Å². The molecular formula is C24H26ClN3O7S. The first-order chi connectivity index (χ1) is 17.2. The van der Waals surface area contributed by atoms with E-state index in [9.17, 15) is 23.3 Å². The fraction of sp³-hybridized carbons (Fsp3) is 0.292. The third-order valence-corrected chi connectivity index (χ3v) is 7.56. The van der Waals surface area contributed by atoms with Crippen LogP contribution in [-0.2, 0) is 32.5 Å². The molecular weight excluding hydrogens is 510 g/mol. The number of nitro benzene ring substituents is 1. The smallest absolute Gasteiger partial charge is 0.289 e. The van der Waals surface area contributed by atoms with Gasteiger partial charge in [0.05, 0.1) is 35.8 Å². The molecule has 3 aromatic rings. The van der Waals surface area contributed by atoms with Crippen molar-refractivity contribution in [2.45, 2.75) is 17.9 Å². The summed E-state index contributed by atoms with van der Waals surface area (Å²) in [6.07, 6.45) is 2.06. The lowest BCUT2D eigenvalue weighted by Crippen LogP contribution is -2.44. The molecule has 3 rings (SSSR count). The number of halogens is 1. The van der Waals surface area contributed by atoms with E-state index in [0.717, 1.165) is 22.0 Å². The van der Waals surface area contributed by atoms with Gasteiger partial charge >= 0.3 is 0 Å². The first kappa shape index (κ1) is 27.3. The molecule has 0 aliphatic carbocycles. The molecule has 0 fully saturated rings. The van der Waals surface area contributed by atoms with Gasteiger partial charge in [-0.3, -0.25) is 14.9 Å². The molecule has 2 aromatic carbocycles. The summed E-state index contributed by atoms with van der Waals surface area (Å²) < 4.78 is 38.2. The second-order valence-electron chi connectivity index (χ2n) is 7.83. The van der Waals surface area contributed by atoms with Gasteiger partial charge in [0.15, 0.2) is 0 Å². The highest BCUT2D eigenvalue weighted by Crippen LogP contribution is 2.28. The molecule has 0 radical (unpaired) electrons. The molecule has 0 N–H and O–H groups in total. The van der Waals surface area contributed by atoms with E-state index < -0.39 is 33.1 Å². The Morgan fingerprint density at radius 3 is 2.50 bits per heavy atom. The zero-order chi connectivity index (χ0) is 26.1. The minimum atomic E-state index is -4.28. The number of methoxy groups -OCH3 is 1. The molecule has 1 heterocycles. The first-order valence-electron chi connectivity index (χ1n) is 11.0. The maximum atomic E-state index is 13.4. The zero-order valence-corrected chi connectivity index (χ0v) is 21.2. The summed E-state index contributed by atoms with van der Waals surface area (Å²) in [5.41, 5.74) is 0.477. The number of hydrogen-bond donors (Lipinski definition) is 0. The molecule has 36 heavy (non-hydrogen) atoms. The lowest BCUT2D eigenvalue weighted by molar-refractivity contribution is -0.384. The van der Waals surface area contributed by atoms with Crippen LogP contribution in [0, 0.1) is 10.1 Å². The Balaban J connectivity index is 1.86. The number of furan rings is 1. The average Bonchev–Trinajstić information content (AvgIpc) is 3.38. The van der Waals surface area contributed by atoms with Crippen molar-refractivity contribution in [2.24, 2.45) is 0 Å². The number of nitro groups is 1. The Morgan fingerprint density at radius 2 is 1.86 bits per heavy atom. The minimum absolute atomic E-state index is 0.0182. The van der Waals surface area contributed by atoms with E-state index in [-0.39, 0.29) is 29.6 Å². The van der Waals surface area contributed by atoms with Crippen LogP contribution >= 0.6 is 11.6 Å². The third kappa shape index (κ3) is 7.14. The molecule has 12 heteroatoms. The Hall–Kier alpha value is -3.25. The minimum Gasteiger partial charge on any atom is -0.467 e. The molecule has 0 spiro atoms. The van der Waals surface area contributed by atoms with E-state index in [4.69, 9.17) is 20.8 Å². The summed E-state index contributed by atoms with van der Waals surface area (Å²) in [4.78, 5) is 25.1. The molecule has 10 nitrogen and oxygen atoms in total. The lowest BCUT2D eigenvalue weighted by Gasteiger charge is -2.27. The number of benzene rings is 2. The molecule has 0 unspecified atom stereocenters. The van der Waals surface area contributed by atoms with E-state index >= 15 is 0 Å². The number of amides is 1. The maximum absolute atomic E-state index is 13.4. The molecule has 1 aromatic heterocycles. The van der Waals surface area contributed by atoms with Gasteiger partial charge in [0.1, 0.15) is 10.8 Å². The van der Waals surface area contributed by atoms with Crippen molar-refractivity contribution in [3.8, 4) is 0 Å². The summed E-state index contributed by atoms with van der Waals surface area (Å²) in [6.45, 7) is -0.117. The van der Waals surface area contributed by atoms with Crippen molar-refractivity contribution in [3.63, 3.8) is 0 Å². The van der Waals surface area contributed by atoms with Crippen molar-refractivity contribution >= 4 is 33.2 Å². The summed E-state index contributed by atoms with van der Waals surface area (Å²) in [5, 5.41) is 11.1. The highest BCUT2D eigenvalue weighted by molar-refractivity contribution is 7.89. The van der Waals surface area contributed by atoms with Crippen LogP contribution in [0.15, 0.2) is 76.2 Å². The molecule has 0 saturated carbocycles. The molecule has 0 aliphatic rings. The third-order valence-electron chi connectivity index (χ3n) is 5.40. The van der Waals surface area contributed by atoms with E-state index in [1.165, 1.54) is 24.3 Å². The van der Waals surface area contributed by atoms with Crippen LogP contribution in [0.4, 0.5) is 5.69 Å². The number of nitrogens with zero attached hydrogens (tertiary/aromatic N) is 3. The predicted molar refractivity (Wildman–Crippen MR) is 133 cm³/mol. The number of ether oxygens (including phenoxy) is 1. The van der Waals surface area contributed by atoms with Crippen LogP contribution in [-0.4, -0.2) is 61.8 Å². The monoisotopic (exact) mass is 535 g/mol. The molecule has 0 saturated heterocycles. The van der Waals surface area contributed by atoms with Gasteiger partial charge in [-0.2, -0.15) is 4.31 Å². The predicted octanol–water partition coefficient (Wildman–Crippen LogP) is 3.75. The van der Waals surface area contributed by atoms with Gasteiger partial charge in [-0.25, -0.2) is 8.42 Å². The van der Waals surface area contributed by atoms with Gasteiger partial charge < -0.3 is 14.1 Å². The van der Waals surface area contributed by atoms with Crippen molar-refractivity contribution in [1.29, 1.82) is 0 Å². The molecule has 1 amide bonds. The largest absolute Gasteiger partial charge is 0.467 e. The van der Waals surface area contributed by atoms with Crippen molar-refractivity contribution in [3.05, 3.63) is 93.4 Å². The Kier molecular flexibility index (Phi) is 9.59. The molecule has 0 aliphatic heterocycles. The number of carbonyl (C=O) groups is 1. The van der Waals surface area contributed by atoms with E-state index in [1.807, 2.05) is 30.3 Å². The fourth-order valence-electron chi connectivity index (χ4n) is 3.46. The zero-order valence-electron chi connectivity index (χ0n) is 19.6. The fourth-order valence-corrected chi connectivity index (χ4v) is 5.04. The van der Waals surface area contributed by atoms with E-state index in [1.54, 1.807) is 12.1 Å². The normalized spacial score (nSPS) is 11.5. The Bertz CT molecular complexity index is 1270. The van der Waals surface area contributed by atoms with Gasteiger partial charge in [0, 0.05) is 26.3 Å². The summed E-state index contributed by atoms with van der Waals surface area (Å²) >= 11 is 5.84. The highest BCUT2D eigenvalue weighted by atomic mass is 35.5. The Labute approximate surface area is 214 Å². The number of hydrogen-bond acceptors (Lipinski definition) is 7. The molecule has 192 valence electrons. The highest BCUT2D eigenvalue weighted by Gasteiger charge is 2.30. The topological polar surface area (TPSA) is 123 Å². The van der Waals surface area contributed by atoms with Crippen LogP contribution < -0.4 is 0 Å². The van der Waals surface area contributed by atoms with Gasteiger partial charge in [0.25, 0.3) is 5.69 Å². The average molecular weight is 536 g/mol. The van der Waals surface area contributed by atoms with Gasteiger partial charge in [0.2, 0.25) is 15.9 Å². The quantitative estimate of drug-likeness (QED) is 0.241. The standard InChI is InChI=1S/C24H26ClN3O7S/c1-34-15-13-27(36(32,33)21-9-10-22(25)23(16-21)28(30)31)18-24(29)26(17-20-8-5-14-35-20)12-11-19-6-3-2-4-7-19/h2-10,14,16H,11-13,15,17-18H2,1H3. The lowest BCUT2D eigenvalue weighted by atomic mass is 10.1. The van der Waals surface area contributed by atoms with Crippen LogP contribution in [0.5, 0.6) is 0 Å². The summed E-state index contributed by atoms with van der Waals surface area (Å²) in [5.74, 6) is 0.0986. The second-order valence-corrected chi connectivity index (χ2v) is 10.2. The molecule has 0 bridgehead atoms. The van der Waals surface area contributed by atoms with Crippen LogP contribution in [0.3, 0.4) is 0 Å².